The van der Waals surface area contributed by atoms with Crippen molar-refractivity contribution in [1.29, 1.82) is 0 Å². The summed E-state index contributed by atoms with van der Waals surface area (Å²) in [6.45, 7) is 3.62. The Morgan fingerprint density at radius 1 is 1.10 bits per heavy atom. The molecule has 0 radical (unpaired) electrons. The van der Waals surface area contributed by atoms with Gasteiger partial charge in [-0.25, -0.2) is 15.0 Å². The van der Waals surface area contributed by atoms with Gasteiger partial charge in [-0.15, -0.1) is 0 Å². The van der Waals surface area contributed by atoms with Crippen LogP contribution in [0.2, 0.25) is 0 Å². The maximum atomic E-state index is 13.7. The van der Waals surface area contributed by atoms with Crippen molar-refractivity contribution in [2.24, 2.45) is 5.92 Å². The molecule has 11 heteroatoms. The van der Waals surface area contributed by atoms with Crippen LogP contribution in [0, 0.1) is 19.8 Å². The summed E-state index contributed by atoms with van der Waals surface area (Å²) in [6.07, 6.45) is 5.03. The Hall–Kier alpha value is -4.51. The third-order valence-corrected chi connectivity index (χ3v) is 6.32. The molecule has 0 saturated heterocycles. The molecule has 0 amide bonds. The van der Waals surface area contributed by atoms with E-state index in [1.54, 1.807) is 66.6 Å². The predicted octanol–water partition coefficient (Wildman–Crippen LogP) is 5.68. The number of aliphatic hydroxyl groups excluding tert-OH is 1. The molecular weight excluding hydrogens is 507 g/mol. The number of halogens is 3. The number of anilines is 2. The van der Waals surface area contributed by atoms with Crippen molar-refractivity contribution >= 4 is 17.3 Å². The Morgan fingerprint density at radius 2 is 1.95 bits per heavy atom. The molecule has 8 nitrogen and oxygen atoms in total. The van der Waals surface area contributed by atoms with E-state index in [1.807, 2.05) is 19.1 Å². The van der Waals surface area contributed by atoms with E-state index in [0.29, 0.717) is 28.6 Å². The fourth-order valence-electron chi connectivity index (χ4n) is 4.30. The lowest BCUT2D eigenvalue weighted by molar-refractivity contribution is -0.160. The number of imidazole rings is 1. The standard InChI is InChI=1S/C28H26F3N7O/c1-17-10-19(5-6-24(17)36-27-33-9-7-25(37-27)20-4-3-8-32-14-20)26(39)35-22-11-21(28(29,30)31)12-23(13-22)38-15-18(2)34-16-38/h3-11,13-16,21,26,35,39H,12H2,1-2H3,(H,33,36,37). The second-order valence-corrected chi connectivity index (χ2v) is 9.29. The van der Waals surface area contributed by atoms with Gasteiger partial charge in [0.2, 0.25) is 5.95 Å². The highest BCUT2D eigenvalue weighted by Gasteiger charge is 2.40. The summed E-state index contributed by atoms with van der Waals surface area (Å²) in [5.41, 5.74) is 4.88. The van der Waals surface area contributed by atoms with Crippen molar-refractivity contribution in [3.05, 3.63) is 102 Å². The largest absolute Gasteiger partial charge is 0.395 e. The number of hydrogen-bond donors (Lipinski definition) is 3. The Kier molecular flexibility index (Phi) is 7.16. The SMILES string of the molecule is Cc1cn(C2=CC(NC(O)c3ccc(Nc4nccc(-c5cccnc5)n4)c(C)c3)=CC(C(F)(F)F)C2)cn1. The van der Waals surface area contributed by atoms with Gasteiger partial charge in [-0.1, -0.05) is 6.07 Å². The van der Waals surface area contributed by atoms with Crippen molar-refractivity contribution in [3.63, 3.8) is 0 Å². The molecule has 3 N–H and O–H groups in total. The van der Waals surface area contributed by atoms with Crippen molar-refractivity contribution in [2.75, 3.05) is 5.32 Å². The van der Waals surface area contributed by atoms with Gasteiger partial charge in [-0.3, -0.25) is 4.98 Å². The van der Waals surface area contributed by atoms with Crippen LogP contribution in [-0.2, 0) is 0 Å². The fraction of sp³-hybridized carbons (Fsp3) is 0.214. The second kappa shape index (κ2) is 10.7. The van der Waals surface area contributed by atoms with Gasteiger partial charge in [-0.05, 0) is 61.9 Å². The molecule has 3 heterocycles. The lowest BCUT2D eigenvalue weighted by atomic mass is 9.95. The average molecular weight is 534 g/mol. The zero-order valence-corrected chi connectivity index (χ0v) is 21.2. The number of nitrogens with zero attached hydrogens (tertiary/aromatic N) is 5. The van der Waals surface area contributed by atoms with Crippen molar-refractivity contribution in [2.45, 2.75) is 32.7 Å². The highest BCUT2D eigenvalue weighted by Crippen LogP contribution is 2.37. The first-order chi connectivity index (χ1) is 18.7. The minimum atomic E-state index is -4.42. The summed E-state index contributed by atoms with van der Waals surface area (Å²) in [5.74, 6) is -1.30. The first kappa shape index (κ1) is 26.1. The molecule has 0 aliphatic heterocycles. The van der Waals surface area contributed by atoms with Crippen LogP contribution in [0.25, 0.3) is 17.0 Å². The van der Waals surface area contributed by atoms with Gasteiger partial charge in [0.25, 0.3) is 0 Å². The zero-order valence-electron chi connectivity index (χ0n) is 21.2. The van der Waals surface area contributed by atoms with Crippen LogP contribution < -0.4 is 10.6 Å². The summed E-state index contributed by atoms with van der Waals surface area (Å²) in [6, 6.07) is 10.7. The Bertz CT molecular complexity index is 1530. The van der Waals surface area contributed by atoms with E-state index in [9.17, 15) is 18.3 Å². The van der Waals surface area contributed by atoms with E-state index in [1.165, 1.54) is 6.33 Å². The van der Waals surface area contributed by atoms with Gasteiger partial charge in [0.05, 0.1) is 23.6 Å². The van der Waals surface area contributed by atoms with Crippen molar-refractivity contribution in [1.82, 2.24) is 29.8 Å². The Labute approximate surface area is 223 Å². The molecule has 4 aromatic rings. The van der Waals surface area contributed by atoms with Gasteiger partial charge < -0.3 is 20.3 Å². The molecule has 5 rings (SSSR count). The average Bonchev–Trinajstić information content (AvgIpc) is 3.36. The highest BCUT2D eigenvalue weighted by atomic mass is 19.4. The number of aromatic nitrogens is 5. The number of allylic oxidation sites excluding steroid dienone is 3. The van der Waals surface area contributed by atoms with Gasteiger partial charge in [0, 0.05) is 59.4 Å². The first-order valence-electron chi connectivity index (χ1n) is 12.2. The van der Waals surface area contributed by atoms with Gasteiger partial charge >= 0.3 is 6.18 Å². The Balaban J connectivity index is 1.33. The van der Waals surface area contributed by atoms with E-state index in [4.69, 9.17) is 0 Å². The molecule has 0 saturated carbocycles. The normalized spacial score (nSPS) is 16.3. The molecular formula is C28H26F3N7O. The van der Waals surface area contributed by atoms with Crippen LogP contribution in [-0.4, -0.2) is 35.8 Å². The molecule has 1 aromatic carbocycles. The van der Waals surface area contributed by atoms with Crippen molar-refractivity contribution in [3.8, 4) is 11.3 Å². The minimum Gasteiger partial charge on any atom is -0.369 e. The van der Waals surface area contributed by atoms with Crippen LogP contribution in [0.1, 0.15) is 29.5 Å². The monoisotopic (exact) mass is 533 g/mol. The topological polar surface area (TPSA) is 101 Å². The molecule has 200 valence electrons. The van der Waals surface area contributed by atoms with Crippen LogP contribution >= 0.6 is 0 Å². The lowest BCUT2D eigenvalue weighted by Gasteiger charge is -2.26. The quantitative estimate of drug-likeness (QED) is 0.263. The third-order valence-electron chi connectivity index (χ3n) is 6.32. The molecule has 1 aliphatic carbocycles. The van der Waals surface area contributed by atoms with Crippen LogP contribution in [0.3, 0.4) is 0 Å². The summed E-state index contributed by atoms with van der Waals surface area (Å²) < 4.78 is 42.6. The summed E-state index contributed by atoms with van der Waals surface area (Å²) >= 11 is 0. The Morgan fingerprint density at radius 3 is 2.64 bits per heavy atom. The summed E-state index contributed by atoms with van der Waals surface area (Å²) in [4.78, 5) is 17.0. The van der Waals surface area contributed by atoms with E-state index >= 15 is 0 Å². The number of benzene rings is 1. The third kappa shape index (κ3) is 6.15. The first-order valence-corrected chi connectivity index (χ1v) is 12.2. The van der Waals surface area contributed by atoms with Crippen LogP contribution in [0.4, 0.5) is 24.8 Å². The highest BCUT2D eigenvalue weighted by molar-refractivity contribution is 5.63. The zero-order chi connectivity index (χ0) is 27.6. The number of hydrogen-bond acceptors (Lipinski definition) is 7. The lowest BCUT2D eigenvalue weighted by Crippen LogP contribution is -2.28. The molecule has 2 atom stereocenters. The van der Waals surface area contributed by atoms with E-state index in [0.717, 1.165) is 22.9 Å². The van der Waals surface area contributed by atoms with Crippen molar-refractivity contribution < 1.29 is 18.3 Å². The number of aryl methyl sites for hydroxylation is 2. The number of alkyl halides is 3. The van der Waals surface area contributed by atoms with Gasteiger partial charge in [0.15, 0.2) is 6.23 Å². The van der Waals surface area contributed by atoms with E-state index in [-0.39, 0.29) is 12.1 Å². The molecule has 0 bridgehead atoms. The predicted molar refractivity (Wildman–Crippen MR) is 141 cm³/mol. The number of pyridine rings is 1. The summed E-state index contributed by atoms with van der Waals surface area (Å²) in [7, 11) is 0. The van der Waals surface area contributed by atoms with E-state index in [2.05, 4.69) is 30.6 Å². The second-order valence-electron chi connectivity index (χ2n) is 9.29. The fourth-order valence-corrected chi connectivity index (χ4v) is 4.30. The maximum Gasteiger partial charge on any atom is 0.395 e. The molecule has 0 spiro atoms. The molecule has 0 fully saturated rings. The van der Waals surface area contributed by atoms with Gasteiger partial charge in [0.1, 0.15) is 0 Å². The molecule has 1 aliphatic rings. The van der Waals surface area contributed by atoms with Crippen LogP contribution in [0.15, 0.2) is 85.4 Å². The molecule has 39 heavy (non-hydrogen) atoms. The maximum absolute atomic E-state index is 13.7. The van der Waals surface area contributed by atoms with Gasteiger partial charge in [-0.2, -0.15) is 13.2 Å². The molecule has 3 aromatic heterocycles. The molecule has 2 unspecified atom stereocenters. The van der Waals surface area contributed by atoms with Crippen LogP contribution in [0.5, 0.6) is 0 Å². The smallest absolute Gasteiger partial charge is 0.369 e. The van der Waals surface area contributed by atoms with E-state index < -0.39 is 18.3 Å². The number of nitrogens with one attached hydrogen (secondary N) is 2. The number of rotatable bonds is 7. The minimum absolute atomic E-state index is 0.179. The number of aliphatic hydroxyl groups is 1. The summed E-state index contributed by atoms with van der Waals surface area (Å²) in [5, 5.41) is 16.9.